The molecule has 2 aliphatic heterocycles. The van der Waals surface area contributed by atoms with Crippen LogP contribution in [-0.4, -0.2) is 41.8 Å². The van der Waals surface area contributed by atoms with Crippen LogP contribution in [0, 0.1) is 5.41 Å². The molecule has 0 aliphatic carbocycles. The number of rotatable bonds is 6. The van der Waals surface area contributed by atoms with Crippen molar-refractivity contribution >= 4 is 17.3 Å². The van der Waals surface area contributed by atoms with Crippen LogP contribution in [0.4, 0.5) is 0 Å². The van der Waals surface area contributed by atoms with Crippen molar-refractivity contribution in [2.45, 2.75) is 44.3 Å². The van der Waals surface area contributed by atoms with Gasteiger partial charge in [-0.05, 0) is 43.4 Å². The van der Waals surface area contributed by atoms with Gasteiger partial charge in [0.2, 0.25) is 0 Å². The van der Waals surface area contributed by atoms with Crippen LogP contribution in [0.2, 0.25) is 0 Å². The molecule has 4 rings (SSSR count). The van der Waals surface area contributed by atoms with Crippen molar-refractivity contribution in [3.05, 3.63) is 57.8 Å². The van der Waals surface area contributed by atoms with E-state index in [2.05, 4.69) is 29.2 Å². The van der Waals surface area contributed by atoms with Gasteiger partial charge in [0.1, 0.15) is 4.88 Å². The van der Waals surface area contributed by atoms with Gasteiger partial charge < -0.3 is 9.84 Å². The second-order valence-corrected chi connectivity index (χ2v) is 8.73. The molecule has 0 amide bonds. The third-order valence-electron chi connectivity index (χ3n) is 6.09. The molecule has 2 aliphatic rings. The normalized spacial score (nSPS) is 27.8. The first-order valence-corrected chi connectivity index (χ1v) is 10.0. The molecule has 138 valence electrons. The fourth-order valence-corrected chi connectivity index (χ4v) is 5.86. The molecule has 1 N–H and O–H groups in total. The third kappa shape index (κ3) is 3.08. The summed E-state index contributed by atoms with van der Waals surface area (Å²) in [6, 6.07) is 15.3. The average molecular weight is 372 g/mol. The number of hydrogen-bond donors (Lipinski definition) is 1. The summed E-state index contributed by atoms with van der Waals surface area (Å²) in [5, 5.41) is 10.3. The van der Waals surface area contributed by atoms with Crippen molar-refractivity contribution in [2.75, 3.05) is 13.7 Å². The highest BCUT2D eigenvalue weighted by Gasteiger charge is 2.55. The van der Waals surface area contributed by atoms with E-state index in [0.717, 1.165) is 25.8 Å². The summed E-state index contributed by atoms with van der Waals surface area (Å²) in [4.78, 5) is 16.1. The maximum atomic E-state index is 11.7. The van der Waals surface area contributed by atoms with E-state index < -0.39 is 0 Å². The molecule has 0 unspecified atom stereocenters. The Kier molecular flexibility index (Phi) is 4.86. The fourth-order valence-electron chi connectivity index (χ4n) is 4.93. The first-order chi connectivity index (χ1) is 12.6. The van der Waals surface area contributed by atoms with E-state index in [9.17, 15) is 9.90 Å². The SMILES string of the molecule is COC(=O)c1ccc(CN2[C@@H]3CC[C@H]2[C@](CO)(Cc2ccccc2)C3)s1. The number of hydrogen-bond acceptors (Lipinski definition) is 5. The standard InChI is InChI=1S/C21H25NO3S/c1-25-20(24)18-9-8-17(26-18)13-22-16-7-10-19(22)21(12-16,14-23)11-15-5-3-2-4-6-15/h2-6,8-9,16,19,23H,7,10-14H2,1H3/t16-,19+,21-/m1/s1. The van der Waals surface area contributed by atoms with Gasteiger partial charge in [-0.15, -0.1) is 11.3 Å². The number of fused-ring (bicyclic) bond motifs is 2. The van der Waals surface area contributed by atoms with Crippen LogP contribution < -0.4 is 0 Å². The van der Waals surface area contributed by atoms with Crippen LogP contribution in [-0.2, 0) is 17.7 Å². The Morgan fingerprint density at radius 2 is 2.08 bits per heavy atom. The molecule has 1 aromatic heterocycles. The minimum atomic E-state index is -0.264. The number of aliphatic hydroxyl groups excluding tert-OH is 1. The Hall–Kier alpha value is -1.69. The molecule has 2 saturated heterocycles. The molecule has 1 aromatic carbocycles. The van der Waals surface area contributed by atoms with Gasteiger partial charge in [-0.1, -0.05) is 30.3 Å². The largest absolute Gasteiger partial charge is 0.465 e. The molecule has 3 atom stereocenters. The van der Waals surface area contributed by atoms with Crippen LogP contribution >= 0.6 is 11.3 Å². The van der Waals surface area contributed by atoms with Gasteiger partial charge in [0, 0.05) is 28.9 Å². The van der Waals surface area contributed by atoms with Crippen molar-refractivity contribution in [1.29, 1.82) is 0 Å². The first-order valence-electron chi connectivity index (χ1n) is 9.23. The van der Waals surface area contributed by atoms with Crippen LogP contribution in [0.25, 0.3) is 0 Å². The van der Waals surface area contributed by atoms with Gasteiger partial charge >= 0.3 is 5.97 Å². The van der Waals surface area contributed by atoms with E-state index in [1.807, 2.05) is 18.2 Å². The predicted octanol–water partition coefficient (Wildman–Crippen LogP) is 3.49. The molecular weight excluding hydrogens is 346 g/mol. The number of carbonyl (C=O) groups excluding carboxylic acids is 1. The van der Waals surface area contributed by atoms with E-state index in [4.69, 9.17) is 4.74 Å². The summed E-state index contributed by atoms with van der Waals surface area (Å²) in [6.07, 6.45) is 4.34. The topological polar surface area (TPSA) is 49.8 Å². The lowest BCUT2D eigenvalue weighted by molar-refractivity contribution is 0.0606. The summed E-state index contributed by atoms with van der Waals surface area (Å²) in [5.41, 5.74) is 1.25. The molecule has 2 bridgehead atoms. The lowest BCUT2D eigenvalue weighted by Gasteiger charge is -2.36. The Labute approximate surface area is 158 Å². The van der Waals surface area contributed by atoms with Crippen LogP contribution in [0.5, 0.6) is 0 Å². The zero-order valence-corrected chi connectivity index (χ0v) is 15.9. The van der Waals surface area contributed by atoms with Gasteiger partial charge in [0.15, 0.2) is 0 Å². The van der Waals surface area contributed by atoms with Crippen molar-refractivity contribution < 1.29 is 14.6 Å². The molecule has 2 fully saturated rings. The highest BCUT2D eigenvalue weighted by atomic mass is 32.1. The highest BCUT2D eigenvalue weighted by molar-refractivity contribution is 7.13. The van der Waals surface area contributed by atoms with Crippen LogP contribution in [0.1, 0.15) is 39.4 Å². The number of esters is 1. The number of nitrogens with zero attached hydrogens (tertiary/aromatic N) is 1. The monoisotopic (exact) mass is 371 g/mol. The quantitative estimate of drug-likeness (QED) is 0.790. The Morgan fingerprint density at radius 3 is 2.81 bits per heavy atom. The zero-order valence-electron chi connectivity index (χ0n) is 15.1. The number of methoxy groups -OCH3 is 1. The van der Waals surface area contributed by atoms with Gasteiger partial charge in [-0.3, -0.25) is 4.90 Å². The number of benzene rings is 1. The number of aliphatic hydroxyl groups is 1. The summed E-state index contributed by atoms with van der Waals surface area (Å²) in [7, 11) is 1.42. The third-order valence-corrected chi connectivity index (χ3v) is 7.14. The van der Waals surface area contributed by atoms with Crippen molar-refractivity contribution in [1.82, 2.24) is 4.90 Å². The smallest absolute Gasteiger partial charge is 0.348 e. The second kappa shape index (κ2) is 7.14. The van der Waals surface area contributed by atoms with Crippen molar-refractivity contribution in [2.24, 2.45) is 5.41 Å². The average Bonchev–Trinajstić information content (AvgIpc) is 3.37. The van der Waals surface area contributed by atoms with E-state index in [1.165, 1.54) is 35.3 Å². The predicted molar refractivity (Wildman–Crippen MR) is 102 cm³/mol. The lowest BCUT2D eigenvalue weighted by Crippen LogP contribution is -2.41. The molecule has 2 aromatic rings. The van der Waals surface area contributed by atoms with Gasteiger partial charge in [-0.2, -0.15) is 0 Å². The summed E-state index contributed by atoms with van der Waals surface area (Å²) >= 11 is 1.52. The van der Waals surface area contributed by atoms with Gasteiger partial charge in [0.25, 0.3) is 0 Å². The van der Waals surface area contributed by atoms with E-state index in [-0.39, 0.29) is 18.0 Å². The maximum Gasteiger partial charge on any atom is 0.348 e. The zero-order chi connectivity index (χ0) is 18.1. The fraction of sp³-hybridized carbons (Fsp3) is 0.476. The summed E-state index contributed by atoms with van der Waals surface area (Å²) in [5.74, 6) is -0.264. The molecule has 0 spiro atoms. The van der Waals surface area contributed by atoms with E-state index in [0.29, 0.717) is 17.0 Å². The highest BCUT2D eigenvalue weighted by Crippen LogP contribution is 2.52. The maximum absolute atomic E-state index is 11.7. The number of carbonyl (C=O) groups is 1. The van der Waals surface area contributed by atoms with E-state index in [1.54, 1.807) is 0 Å². The van der Waals surface area contributed by atoms with Gasteiger partial charge in [0.05, 0.1) is 13.7 Å². The van der Waals surface area contributed by atoms with Crippen molar-refractivity contribution in [3.8, 4) is 0 Å². The van der Waals surface area contributed by atoms with Crippen LogP contribution in [0.3, 0.4) is 0 Å². The summed E-state index contributed by atoms with van der Waals surface area (Å²) in [6.45, 7) is 1.09. The molecule has 5 heteroatoms. The molecule has 4 nitrogen and oxygen atoms in total. The molecule has 3 heterocycles. The minimum Gasteiger partial charge on any atom is -0.465 e. The number of thiophene rings is 1. The first kappa shape index (κ1) is 17.7. The molecular formula is C21H25NO3S. The Morgan fingerprint density at radius 1 is 1.27 bits per heavy atom. The number of ether oxygens (including phenoxy) is 1. The second-order valence-electron chi connectivity index (χ2n) is 7.56. The molecule has 0 saturated carbocycles. The van der Waals surface area contributed by atoms with E-state index >= 15 is 0 Å². The van der Waals surface area contributed by atoms with Crippen LogP contribution in [0.15, 0.2) is 42.5 Å². The summed E-state index contributed by atoms with van der Waals surface area (Å²) < 4.78 is 4.82. The minimum absolute atomic E-state index is 0.0489. The molecule has 0 radical (unpaired) electrons. The van der Waals surface area contributed by atoms with Gasteiger partial charge in [-0.25, -0.2) is 4.79 Å². The lowest BCUT2D eigenvalue weighted by atomic mass is 9.70. The Bertz CT molecular complexity index is 775. The van der Waals surface area contributed by atoms with Crippen molar-refractivity contribution in [3.63, 3.8) is 0 Å². The Balaban J connectivity index is 1.52. The molecule has 26 heavy (non-hydrogen) atoms.